The summed E-state index contributed by atoms with van der Waals surface area (Å²) < 4.78 is 0. The highest BCUT2D eigenvalue weighted by atomic mass is 16.2. The van der Waals surface area contributed by atoms with Gasteiger partial charge < -0.3 is 10.6 Å². The maximum atomic E-state index is 11.2. The summed E-state index contributed by atoms with van der Waals surface area (Å²) in [5.74, 6) is -1.50. The third-order valence-electron chi connectivity index (χ3n) is 2.38. The van der Waals surface area contributed by atoms with Crippen molar-refractivity contribution in [3.05, 3.63) is 17.5 Å². The zero-order valence-corrected chi connectivity index (χ0v) is 10.1. The van der Waals surface area contributed by atoms with Gasteiger partial charge in [0, 0.05) is 12.2 Å². The monoisotopic (exact) mass is 249 g/mol. The first-order chi connectivity index (χ1) is 8.65. The van der Waals surface area contributed by atoms with Gasteiger partial charge in [0.15, 0.2) is 0 Å². The second-order valence-electron chi connectivity index (χ2n) is 3.72. The molecule has 1 aromatic rings. The second kappa shape index (κ2) is 7.06. The normalized spacial score (nSPS) is 9.56. The fourth-order valence-corrected chi connectivity index (χ4v) is 1.39. The van der Waals surface area contributed by atoms with Crippen LogP contribution in [-0.4, -0.2) is 35.1 Å². The Morgan fingerprint density at radius 3 is 2.78 bits per heavy atom. The van der Waals surface area contributed by atoms with Crippen LogP contribution in [-0.2, 0) is 16.0 Å². The van der Waals surface area contributed by atoms with Gasteiger partial charge in [-0.15, -0.1) is 0 Å². The number of nitrogens with zero attached hydrogens (tertiary/aromatic N) is 2. The largest absolute Gasteiger partial charge is 0.348 e. The Morgan fingerprint density at radius 1 is 1.44 bits per heavy atom. The predicted octanol–water partition coefficient (Wildman–Crippen LogP) is -0.593. The molecule has 96 valence electrons. The summed E-state index contributed by atoms with van der Waals surface area (Å²) in [6.45, 7) is 2.17. The molecule has 0 aliphatic carbocycles. The summed E-state index contributed by atoms with van der Waals surface area (Å²) in [6.07, 6.45) is 3.25. The molecule has 0 atom stereocenters. The number of nitrogens with one attached hydrogen (secondary N) is 3. The quantitative estimate of drug-likeness (QED) is 0.368. The first-order valence-corrected chi connectivity index (χ1v) is 5.57. The molecule has 0 spiro atoms. The molecule has 1 aromatic heterocycles. The lowest BCUT2D eigenvalue weighted by Crippen LogP contribution is -2.40. The van der Waals surface area contributed by atoms with E-state index in [1.54, 1.807) is 12.3 Å². The number of aryl methyl sites for hydroxylation is 2. The summed E-state index contributed by atoms with van der Waals surface area (Å²) in [5.41, 5.74) is 2.10. The van der Waals surface area contributed by atoms with Crippen molar-refractivity contribution < 1.29 is 9.59 Å². The minimum Gasteiger partial charge on any atom is -0.348 e. The number of carbonyl (C=O) groups is 2. The van der Waals surface area contributed by atoms with E-state index < -0.39 is 11.8 Å². The van der Waals surface area contributed by atoms with Gasteiger partial charge in [-0.05, 0) is 25.3 Å². The highest BCUT2D eigenvalue weighted by molar-refractivity contribution is 6.35. The van der Waals surface area contributed by atoms with E-state index in [-0.39, 0.29) is 6.54 Å². The fourth-order valence-electron chi connectivity index (χ4n) is 1.39. The molecule has 0 saturated heterocycles. The van der Waals surface area contributed by atoms with Gasteiger partial charge in [-0.2, -0.15) is 10.4 Å². The first-order valence-electron chi connectivity index (χ1n) is 5.57. The number of hydrogen-bond acceptors (Lipinski definition) is 4. The molecular formula is C11H15N5O2. The maximum Gasteiger partial charge on any atom is 0.310 e. The van der Waals surface area contributed by atoms with Crippen LogP contribution in [0.4, 0.5) is 0 Å². The number of amides is 2. The maximum absolute atomic E-state index is 11.2. The van der Waals surface area contributed by atoms with Crippen LogP contribution in [0.25, 0.3) is 0 Å². The topological polar surface area (TPSA) is 111 Å². The zero-order chi connectivity index (χ0) is 13.4. The summed E-state index contributed by atoms with van der Waals surface area (Å²) in [5, 5.41) is 19.6. The van der Waals surface area contributed by atoms with Crippen molar-refractivity contribution in [3.8, 4) is 6.07 Å². The van der Waals surface area contributed by atoms with Crippen LogP contribution in [0.1, 0.15) is 17.7 Å². The molecule has 0 saturated carbocycles. The third kappa shape index (κ3) is 4.25. The number of rotatable bonds is 5. The van der Waals surface area contributed by atoms with Crippen molar-refractivity contribution in [1.29, 1.82) is 5.26 Å². The van der Waals surface area contributed by atoms with Crippen molar-refractivity contribution in [1.82, 2.24) is 20.8 Å². The lowest BCUT2D eigenvalue weighted by molar-refractivity contribution is -0.139. The van der Waals surface area contributed by atoms with Gasteiger partial charge in [0.05, 0.1) is 12.3 Å². The average Bonchev–Trinajstić information content (AvgIpc) is 2.77. The van der Waals surface area contributed by atoms with Crippen LogP contribution < -0.4 is 10.6 Å². The summed E-state index contributed by atoms with van der Waals surface area (Å²) in [4.78, 5) is 22.3. The molecule has 7 nitrogen and oxygen atoms in total. The average molecular weight is 249 g/mol. The first kappa shape index (κ1) is 13.7. The summed E-state index contributed by atoms with van der Waals surface area (Å²) in [6, 6.07) is 1.72. The van der Waals surface area contributed by atoms with Crippen LogP contribution in [0.3, 0.4) is 0 Å². The van der Waals surface area contributed by atoms with Gasteiger partial charge in [-0.1, -0.05) is 0 Å². The van der Waals surface area contributed by atoms with Crippen molar-refractivity contribution in [2.75, 3.05) is 13.1 Å². The number of aromatic amines is 1. The zero-order valence-electron chi connectivity index (χ0n) is 10.1. The Hall–Kier alpha value is -2.36. The standard InChI is InChI=1S/C11H15N5O2/c1-8-9(7-15-16-8)3-2-5-13-10(17)11(18)14-6-4-12/h7H,2-3,5-6H2,1H3,(H,13,17)(H,14,18)(H,15,16). The molecule has 0 aliphatic heterocycles. The van der Waals surface area contributed by atoms with E-state index in [9.17, 15) is 9.59 Å². The van der Waals surface area contributed by atoms with E-state index in [4.69, 9.17) is 5.26 Å². The molecule has 1 heterocycles. The second-order valence-corrected chi connectivity index (χ2v) is 3.72. The molecule has 0 fully saturated rings. The van der Waals surface area contributed by atoms with Crippen molar-refractivity contribution >= 4 is 11.8 Å². The van der Waals surface area contributed by atoms with E-state index in [2.05, 4.69) is 20.8 Å². The van der Waals surface area contributed by atoms with Crippen molar-refractivity contribution in [2.45, 2.75) is 19.8 Å². The van der Waals surface area contributed by atoms with Crippen molar-refractivity contribution in [3.63, 3.8) is 0 Å². The van der Waals surface area contributed by atoms with Gasteiger partial charge in [0.2, 0.25) is 0 Å². The minimum atomic E-state index is -0.781. The Bertz CT molecular complexity index is 460. The third-order valence-corrected chi connectivity index (χ3v) is 2.38. The highest BCUT2D eigenvalue weighted by Crippen LogP contribution is 2.04. The lowest BCUT2D eigenvalue weighted by atomic mass is 10.1. The molecule has 18 heavy (non-hydrogen) atoms. The molecule has 7 heteroatoms. The van der Waals surface area contributed by atoms with Gasteiger partial charge in [-0.3, -0.25) is 14.7 Å². The van der Waals surface area contributed by atoms with Crippen LogP contribution in [0.5, 0.6) is 0 Å². The number of carbonyl (C=O) groups excluding carboxylic acids is 2. The Balaban J connectivity index is 2.18. The molecule has 2 amide bonds. The Morgan fingerprint density at radius 2 is 2.17 bits per heavy atom. The summed E-state index contributed by atoms with van der Waals surface area (Å²) >= 11 is 0. The Kier molecular flexibility index (Phi) is 5.38. The smallest absolute Gasteiger partial charge is 0.310 e. The molecule has 0 bridgehead atoms. The van der Waals surface area contributed by atoms with Crippen molar-refractivity contribution in [2.24, 2.45) is 0 Å². The van der Waals surface area contributed by atoms with Gasteiger partial charge in [-0.25, -0.2) is 0 Å². The van der Waals surface area contributed by atoms with Gasteiger partial charge in [0.1, 0.15) is 6.54 Å². The molecular weight excluding hydrogens is 234 g/mol. The lowest BCUT2D eigenvalue weighted by Gasteiger charge is -2.04. The van der Waals surface area contributed by atoms with Crippen LogP contribution in [0.2, 0.25) is 0 Å². The molecule has 1 rings (SSSR count). The van der Waals surface area contributed by atoms with Gasteiger partial charge >= 0.3 is 11.8 Å². The number of H-pyrrole nitrogens is 1. The fraction of sp³-hybridized carbons (Fsp3) is 0.455. The minimum absolute atomic E-state index is 0.166. The van der Waals surface area contributed by atoms with E-state index in [0.717, 1.165) is 24.1 Å². The molecule has 0 radical (unpaired) electrons. The van der Waals surface area contributed by atoms with E-state index in [1.807, 2.05) is 6.92 Å². The summed E-state index contributed by atoms with van der Waals surface area (Å²) in [7, 11) is 0. The number of aromatic nitrogens is 2. The van der Waals surface area contributed by atoms with Crippen LogP contribution in [0, 0.1) is 18.3 Å². The van der Waals surface area contributed by atoms with Crippen LogP contribution >= 0.6 is 0 Å². The van der Waals surface area contributed by atoms with E-state index >= 15 is 0 Å². The SMILES string of the molecule is Cc1[nH]ncc1CCCNC(=O)C(=O)NCC#N. The van der Waals surface area contributed by atoms with E-state index in [0.29, 0.717) is 6.54 Å². The molecule has 0 aliphatic rings. The highest BCUT2D eigenvalue weighted by Gasteiger charge is 2.11. The van der Waals surface area contributed by atoms with Gasteiger partial charge in [0.25, 0.3) is 0 Å². The van der Waals surface area contributed by atoms with Crippen LogP contribution in [0.15, 0.2) is 6.20 Å². The predicted molar refractivity (Wildman–Crippen MR) is 63.3 cm³/mol. The molecule has 3 N–H and O–H groups in total. The Labute approximate surface area is 105 Å². The molecule has 0 unspecified atom stereocenters. The number of hydrogen-bond donors (Lipinski definition) is 3. The van der Waals surface area contributed by atoms with E-state index in [1.165, 1.54) is 0 Å². The number of nitriles is 1. The molecule has 0 aromatic carbocycles.